The van der Waals surface area contributed by atoms with Crippen LogP contribution in [0.1, 0.15) is 50.4 Å². The fraction of sp³-hybridized carbons (Fsp3) is 0.609. The number of rotatable bonds is 11. The molecule has 1 saturated heterocycles. The summed E-state index contributed by atoms with van der Waals surface area (Å²) in [6, 6.07) is 5.12. The van der Waals surface area contributed by atoms with E-state index in [1.807, 2.05) is 6.92 Å². The fourth-order valence-corrected chi connectivity index (χ4v) is 5.36. The minimum Gasteiger partial charge on any atom is -0.497 e. The van der Waals surface area contributed by atoms with E-state index in [0.29, 0.717) is 24.3 Å². The van der Waals surface area contributed by atoms with E-state index < -0.39 is 46.3 Å². The molecule has 1 aromatic rings. The van der Waals surface area contributed by atoms with Crippen molar-refractivity contribution >= 4 is 27.6 Å². The standard InChI is InChI=1S/C23H34N2O7S/c1-5-6-12-25(18-11-13-33(29,30)15-18)20(26)14-32-23(28)21(16(2)3)24-22(27)17-7-9-19(31-4)10-8-17/h7-10,16,18,21H,5-6,11-15H2,1-4H3,(H,24,27). The average Bonchev–Trinajstić information content (AvgIpc) is 3.14. The van der Waals surface area contributed by atoms with Crippen LogP contribution in [0.5, 0.6) is 5.75 Å². The third kappa shape index (κ3) is 7.73. The van der Waals surface area contributed by atoms with Crippen LogP contribution in [0.25, 0.3) is 0 Å². The SMILES string of the molecule is CCCCN(C(=O)COC(=O)C(NC(=O)c1ccc(OC)cc1)C(C)C)C1CCS(=O)(=O)C1. The molecule has 1 aromatic carbocycles. The zero-order chi connectivity index (χ0) is 24.6. The highest BCUT2D eigenvalue weighted by molar-refractivity contribution is 7.91. The Balaban J connectivity index is 2.00. The Kier molecular flexibility index (Phi) is 9.70. The van der Waals surface area contributed by atoms with Gasteiger partial charge in [-0.2, -0.15) is 0 Å². The number of nitrogens with one attached hydrogen (secondary N) is 1. The highest BCUT2D eigenvalue weighted by atomic mass is 32.2. The summed E-state index contributed by atoms with van der Waals surface area (Å²) in [5.41, 5.74) is 0.360. The molecule has 0 radical (unpaired) electrons. The molecular weight excluding hydrogens is 448 g/mol. The van der Waals surface area contributed by atoms with E-state index in [1.54, 1.807) is 38.1 Å². The van der Waals surface area contributed by atoms with Crippen LogP contribution in [-0.4, -0.2) is 75.0 Å². The molecule has 0 bridgehead atoms. The van der Waals surface area contributed by atoms with Crippen LogP contribution < -0.4 is 10.1 Å². The van der Waals surface area contributed by atoms with Crippen LogP contribution in [0.4, 0.5) is 0 Å². The second-order valence-corrected chi connectivity index (χ2v) is 10.8. The highest BCUT2D eigenvalue weighted by Crippen LogP contribution is 2.19. The Hall–Kier alpha value is -2.62. The number of amides is 2. The molecule has 1 heterocycles. The van der Waals surface area contributed by atoms with E-state index in [1.165, 1.54) is 12.0 Å². The van der Waals surface area contributed by atoms with Crippen molar-refractivity contribution in [3.05, 3.63) is 29.8 Å². The van der Waals surface area contributed by atoms with E-state index in [4.69, 9.17) is 9.47 Å². The molecule has 1 aliphatic heterocycles. The maximum Gasteiger partial charge on any atom is 0.329 e. The normalized spacial score (nSPS) is 17.9. The quantitative estimate of drug-likeness (QED) is 0.478. The summed E-state index contributed by atoms with van der Waals surface area (Å²) < 4.78 is 34.1. The number of hydrogen-bond donors (Lipinski definition) is 1. The summed E-state index contributed by atoms with van der Waals surface area (Å²) in [6.07, 6.45) is 1.96. The second-order valence-electron chi connectivity index (χ2n) is 8.53. The lowest BCUT2D eigenvalue weighted by Crippen LogP contribution is -2.47. The van der Waals surface area contributed by atoms with E-state index in [-0.39, 0.29) is 17.4 Å². The molecule has 2 atom stereocenters. The Morgan fingerprint density at radius 1 is 1.18 bits per heavy atom. The summed E-state index contributed by atoms with van der Waals surface area (Å²) in [6.45, 7) is 5.42. The number of carbonyl (C=O) groups is 3. The first-order valence-corrected chi connectivity index (χ1v) is 13.0. The van der Waals surface area contributed by atoms with Crippen molar-refractivity contribution in [1.29, 1.82) is 0 Å². The topological polar surface area (TPSA) is 119 Å². The third-order valence-electron chi connectivity index (χ3n) is 5.62. The van der Waals surface area contributed by atoms with Gasteiger partial charge >= 0.3 is 5.97 Å². The number of methoxy groups -OCH3 is 1. The fourth-order valence-electron chi connectivity index (χ4n) is 3.63. The summed E-state index contributed by atoms with van der Waals surface area (Å²) in [5.74, 6) is -1.26. The van der Waals surface area contributed by atoms with Gasteiger partial charge in [-0.1, -0.05) is 27.2 Å². The van der Waals surface area contributed by atoms with Gasteiger partial charge in [0.25, 0.3) is 11.8 Å². The van der Waals surface area contributed by atoms with Crippen LogP contribution >= 0.6 is 0 Å². The Bertz CT molecular complexity index is 929. The maximum absolute atomic E-state index is 12.8. The van der Waals surface area contributed by atoms with Crippen molar-refractivity contribution in [2.75, 3.05) is 31.8 Å². The molecule has 184 valence electrons. The molecule has 0 spiro atoms. The van der Waals surface area contributed by atoms with Crippen LogP contribution in [0.2, 0.25) is 0 Å². The van der Waals surface area contributed by atoms with E-state index in [9.17, 15) is 22.8 Å². The summed E-state index contributed by atoms with van der Waals surface area (Å²) >= 11 is 0. The van der Waals surface area contributed by atoms with Crippen molar-refractivity contribution in [3.8, 4) is 5.75 Å². The summed E-state index contributed by atoms with van der Waals surface area (Å²) in [7, 11) is -1.63. The van der Waals surface area contributed by atoms with E-state index in [2.05, 4.69) is 5.32 Å². The van der Waals surface area contributed by atoms with Gasteiger partial charge in [-0.3, -0.25) is 9.59 Å². The van der Waals surface area contributed by atoms with Gasteiger partial charge in [-0.25, -0.2) is 13.2 Å². The Morgan fingerprint density at radius 3 is 2.36 bits per heavy atom. The molecule has 1 fully saturated rings. The zero-order valence-corrected chi connectivity index (χ0v) is 20.5. The lowest BCUT2D eigenvalue weighted by Gasteiger charge is -2.28. The Labute approximate surface area is 195 Å². The van der Waals surface area contributed by atoms with E-state index in [0.717, 1.165) is 12.8 Å². The summed E-state index contributed by atoms with van der Waals surface area (Å²) in [5, 5.41) is 2.66. The smallest absolute Gasteiger partial charge is 0.329 e. The third-order valence-corrected chi connectivity index (χ3v) is 7.37. The van der Waals surface area contributed by atoms with Crippen LogP contribution in [0.3, 0.4) is 0 Å². The molecule has 0 saturated carbocycles. The lowest BCUT2D eigenvalue weighted by molar-refractivity contribution is -0.155. The molecule has 1 aliphatic rings. The number of hydrogen-bond acceptors (Lipinski definition) is 7. The van der Waals surface area contributed by atoms with Gasteiger partial charge in [0, 0.05) is 18.2 Å². The zero-order valence-electron chi connectivity index (χ0n) is 19.7. The molecule has 10 heteroatoms. The largest absolute Gasteiger partial charge is 0.497 e. The van der Waals surface area contributed by atoms with Gasteiger partial charge in [0.2, 0.25) is 0 Å². The molecule has 0 aliphatic carbocycles. The monoisotopic (exact) mass is 482 g/mol. The average molecular weight is 483 g/mol. The van der Waals surface area contributed by atoms with Gasteiger partial charge < -0.3 is 19.7 Å². The van der Waals surface area contributed by atoms with Crippen molar-refractivity contribution < 1.29 is 32.3 Å². The van der Waals surface area contributed by atoms with Gasteiger partial charge in [0.05, 0.1) is 18.6 Å². The minimum absolute atomic E-state index is 0.0557. The van der Waals surface area contributed by atoms with E-state index >= 15 is 0 Å². The first-order valence-electron chi connectivity index (χ1n) is 11.2. The van der Waals surface area contributed by atoms with Crippen LogP contribution in [0, 0.1) is 5.92 Å². The molecule has 0 aromatic heterocycles. The lowest BCUT2D eigenvalue weighted by atomic mass is 10.0. The molecule has 1 N–H and O–H groups in total. The number of esters is 1. The van der Waals surface area contributed by atoms with Gasteiger partial charge in [-0.15, -0.1) is 0 Å². The predicted molar refractivity (Wildman–Crippen MR) is 124 cm³/mol. The molecular formula is C23H34N2O7S. The van der Waals surface area contributed by atoms with Crippen LogP contribution in [-0.2, 0) is 24.2 Å². The number of carbonyl (C=O) groups excluding carboxylic acids is 3. The van der Waals surface area contributed by atoms with Crippen molar-refractivity contribution in [1.82, 2.24) is 10.2 Å². The first kappa shape index (κ1) is 26.6. The molecule has 2 rings (SSSR count). The predicted octanol–water partition coefficient (Wildman–Crippen LogP) is 1.81. The number of sulfone groups is 1. The van der Waals surface area contributed by atoms with Gasteiger partial charge in [0.15, 0.2) is 16.4 Å². The first-order chi connectivity index (χ1) is 15.6. The Morgan fingerprint density at radius 2 is 1.85 bits per heavy atom. The molecule has 2 amide bonds. The maximum atomic E-state index is 12.8. The van der Waals surface area contributed by atoms with Gasteiger partial charge in [-0.05, 0) is 43.0 Å². The number of unbranched alkanes of at least 4 members (excludes halogenated alkanes) is 1. The number of benzene rings is 1. The molecule has 2 unspecified atom stereocenters. The van der Waals surface area contributed by atoms with Crippen molar-refractivity contribution in [3.63, 3.8) is 0 Å². The highest BCUT2D eigenvalue weighted by Gasteiger charge is 2.35. The summed E-state index contributed by atoms with van der Waals surface area (Å²) in [4.78, 5) is 39.6. The van der Waals surface area contributed by atoms with Crippen molar-refractivity contribution in [2.24, 2.45) is 5.92 Å². The molecule has 9 nitrogen and oxygen atoms in total. The molecule has 33 heavy (non-hydrogen) atoms. The number of ether oxygens (including phenoxy) is 2. The van der Waals surface area contributed by atoms with Crippen LogP contribution in [0.15, 0.2) is 24.3 Å². The number of nitrogens with zero attached hydrogens (tertiary/aromatic N) is 1. The second kappa shape index (κ2) is 12.0. The van der Waals surface area contributed by atoms with Crippen molar-refractivity contribution in [2.45, 2.75) is 52.1 Å². The minimum atomic E-state index is -3.16. The van der Waals surface area contributed by atoms with Gasteiger partial charge in [0.1, 0.15) is 11.8 Å².